The van der Waals surface area contributed by atoms with E-state index >= 15 is 8.78 Å². The van der Waals surface area contributed by atoms with E-state index in [0.717, 1.165) is 41.5 Å². The first-order valence-electron chi connectivity index (χ1n) is 13.7. The number of aromatic amines is 2. The number of rotatable bonds is 7. The molecular weight excluding hydrogens is 545 g/mol. The first-order valence-corrected chi connectivity index (χ1v) is 13.7. The number of carbonyl (C=O) groups excluding carboxylic acids is 1. The molecular formula is C32H29F3N4O3. The molecule has 6 rings (SSSR count). The van der Waals surface area contributed by atoms with Crippen LogP contribution in [0.1, 0.15) is 53.9 Å². The van der Waals surface area contributed by atoms with Crippen molar-refractivity contribution in [1.82, 2.24) is 20.3 Å². The number of halogens is 3. The fraction of sp³-hybridized carbons (Fsp3) is 0.250. The molecule has 0 unspecified atom stereocenters. The molecule has 7 nitrogen and oxygen atoms in total. The number of ether oxygens (including phenoxy) is 2. The predicted octanol–water partition coefficient (Wildman–Crippen LogP) is 7.17. The lowest BCUT2D eigenvalue weighted by Crippen LogP contribution is -2.32. The summed E-state index contributed by atoms with van der Waals surface area (Å²) in [5, 5.41) is 2.58. The minimum atomic E-state index is -1.34. The van der Waals surface area contributed by atoms with Crippen LogP contribution >= 0.6 is 0 Å². The van der Waals surface area contributed by atoms with Gasteiger partial charge in [-0.05, 0) is 49.6 Å². The van der Waals surface area contributed by atoms with Gasteiger partial charge in [-0.1, -0.05) is 31.5 Å². The summed E-state index contributed by atoms with van der Waals surface area (Å²) in [5.74, 6) is -3.28. The summed E-state index contributed by atoms with van der Waals surface area (Å²) in [7, 11) is 1.37. The molecule has 1 atom stereocenters. The van der Waals surface area contributed by atoms with E-state index in [9.17, 15) is 9.18 Å². The highest BCUT2D eigenvalue weighted by Gasteiger charge is 2.37. The van der Waals surface area contributed by atoms with E-state index in [1.54, 1.807) is 6.20 Å². The molecule has 1 amide bonds. The first-order chi connectivity index (χ1) is 20.3. The lowest BCUT2D eigenvalue weighted by Gasteiger charge is -2.36. The molecule has 3 N–H and O–H groups in total. The van der Waals surface area contributed by atoms with Gasteiger partial charge in [-0.3, -0.25) is 4.79 Å². The average Bonchev–Trinajstić information content (AvgIpc) is 3.68. The minimum Gasteiger partial charge on any atom is -0.493 e. The number of carbonyl (C=O) groups is 1. The normalized spacial score (nSPS) is 16.2. The predicted molar refractivity (Wildman–Crippen MR) is 153 cm³/mol. The van der Waals surface area contributed by atoms with Gasteiger partial charge in [0.15, 0.2) is 11.6 Å². The number of hydrogen-bond acceptors (Lipinski definition) is 4. The average molecular weight is 575 g/mol. The van der Waals surface area contributed by atoms with E-state index in [2.05, 4.69) is 40.2 Å². The third-order valence-corrected chi connectivity index (χ3v) is 7.95. The lowest BCUT2D eigenvalue weighted by atomic mass is 9.74. The molecule has 5 aromatic rings. The molecule has 3 aromatic carbocycles. The molecule has 0 aliphatic carbocycles. The van der Waals surface area contributed by atoms with Crippen LogP contribution < -0.4 is 14.8 Å². The van der Waals surface area contributed by atoms with E-state index in [0.29, 0.717) is 13.0 Å². The van der Waals surface area contributed by atoms with Gasteiger partial charge in [-0.2, -0.15) is 4.39 Å². The van der Waals surface area contributed by atoms with Crippen LogP contribution in [-0.4, -0.2) is 34.5 Å². The van der Waals surface area contributed by atoms with Crippen LogP contribution in [0.2, 0.25) is 0 Å². The maximum absolute atomic E-state index is 15.2. The minimum absolute atomic E-state index is 0.00507. The summed E-state index contributed by atoms with van der Waals surface area (Å²) in [4.78, 5) is 23.1. The Kier molecular flexibility index (Phi) is 6.92. The number of aromatic nitrogens is 3. The fourth-order valence-electron chi connectivity index (χ4n) is 5.68. The topological polar surface area (TPSA) is 92.0 Å². The van der Waals surface area contributed by atoms with Crippen LogP contribution in [0.25, 0.3) is 22.3 Å². The molecule has 0 saturated heterocycles. The van der Waals surface area contributed by atoms with Crippen molar-refractivity contribution in [3.63, 3.8) is 0 Å². The summed E-state index contributed by atoms with van der Waals surface area (Å²) >= 11 is 0. The van der Waals surface area contributed by atoms with Gasteiger partial charge in [0.25, 0.3) is 5.91 Å². The van der Waals surface area contributed by atoms with E-state index in [-0.39, 0.29) is 33.6 Å². The zero-order chi connectivity index (χ0) is 29.6. The Hall–Kier alpha value is -4.73. The summed E-state index contributed by atoms with van der Waals surface area (Å²) in [6.45, 7) is 4.75. The van der Waals surface area contributed by atoms with Gasteiger partial charge >= 0.3 is 0 Å². The van der Waals surface area contributed by atoms with Gasteiger partial charge in [0.05, 0.1) is 23.3 Å². The third-order valence-electron chi connectivity index (χ3n) is 7.95. The molecule has 0 saturated carbocycles. The molecule has 1 aliphatic heterocycles. The molecule has 3 heterocycles. The maximum atomic E-state index is 15.2. The number of fused-ring (bicyclic) bond motifs is 2. The van der Waals surface area contributed by atoms with Gasteiger partial charge in [-0.15, -0.1) is 0 Å². The number of amides is 1. The van der Waals surface area contributed by atoms with Crippen LogP contribution in [0.4, 0.5) is 13.2 Å². The highest BCUT2D eigenvalue weighted by molar-refractivity contribution is 6.09. The molecule has 0 spiro atoms. The zero-order valence-electron chi connectivity index (χ0n) is 23.3. The number of nitrogens with zero attached hydrogens (tertiary/aromatic N) is 1. The van der Waals surface area contributed by atoms with Crippen molar-refractivity contribution >= 4 is 16.8 Å². The Labute approximate surface area is 240 Å². The van der Waals surface area contributed by atoms with Crippen LogP contribution in [0.15, 0.2) is 54.9 Å². The Morgan fingerprint density at radius 2 is 2.00 bits per heavy atom. The van der Waals surface area contributed by atoms with Gasteiger partial charge < -0.3 is 24.8 Å². The van der Waals surface area contributed by atoms with Crippen LogP contribution in [0, 0.1) is 17.5 Å². The number of imidazole rings is 1. The first kappa shape index (κ1) is 27.4. The van der Waals surface area contributed by atoms with Crippen LogP contribution in [0.5, 0.6) is 17.2 Å². The Bertz CT molecular complexity index is 1830. The van der Waals surface area contributed by atoms with Gasteiger partial charge in [-0.25, -0.2) is 13.8 Å². The van der Waals surface area contributed by atoms with Crippen LogP contribution in [-0.2, 0) is 11.8 Å². The summed E-state index contributed by atoms with van der Waals surface area (Å²) in [6, 6.07) is 11.4. The van der Waals surface area contributed by atoms with Crippen molar-refractivity contribution < 1.29 is 27.4 Å². The smallest absolute Gasteiger partial charge is 0.255 e. The Morgan fingerprint density at radius 3 is 2.79 bits per heavy atom. The summed E-state index contributed by atoms with van der Waals surface area (Å²) in [5.41, 5.74) is 2.23. The van der Waals surface area contributed by atoms with Crippen molar-refractivity contribution in [2.75, 3.05) is 13.7 Å². The second-order valence-electron chi connectivity index (χ2n) is 10.5. The highest BCUT2D eigenvalue weighted by atomic mass is 19.2. The molecule has 0 radical (unpaired) electrons. The Morgan fingerprint density at radius 1 is 1.17 bits per heavy atom. The van der Waals surface area contributed by atoms with Crippen molar-refractivity contribution in [2.24, 2.45) is 0 Å². The fourth-order valence-corrected chi connectivity index (χ4v) is 5.68. The second-order valence-corrected chi connectivity index (χ2v) is 10.5. The maximum Gasteiger partial charge on any atom is 0.255 e. The van der Waals surface area contributed by atoms with E-state index < -0.39 is 34.5 Å². The number of H-pyrrole nitrogens is 2. The number of aryl methyl sites for hydroxylation is 1. The molecule has 0 bridgehead atoms. The summed E-state index contributed by atoms with van der Waals surface area (Å²) in [6.07, 6.45) is 5.66. The number of hydrogen-bond donors (Lipinski definition) is 3. The van der Waals surface area contributed by atoms with E-state index in [1.807, 2.05) is 12.1 Å². The second kappa shape index (κ2) is 10.6. The standard InChI is InChI=1S/C32H29F3N4O3/c1-4-6-17-7-5-8-21-28(17)41-14-12-32(21,2)23-16-38-30(39-23)20-15-18(9-10-22(20)33)42-29-24(31(40)36-3)19-11-13-37-27(19)25(34)26(29)35/h5,7-11,13,15-16,37H,4,6,12,14H2,1-3H3,(H,36,40)(H,38,39)/t32-/m0/s1. The largest absolute Gasteiger partial charge is 0.493 e. The molecule has 0 fully saturated rings. The zero-order valence-corrected chi connectivity index (χ0v) is 23.3. The number of benzene rings is 3. The summed E-state index contributed by atoms with van der Waals surface area (Å²) < 4.78 is 57.0. The lowest BCUT2D eigenvalue weighted by molar-refractivity contribution is 0.0961. The molecule has 2 aromatic heterocycles. The van der Waals surface area contributed by atoms with Crippen LogP contribution in [0.3, 0.4) is 0 Å². The number of nitrogens with one attached hydrogen (secondary N) is 3. The third kappa shape index (κ3) is 4.38. The quantitative estimate of drug-likeness (QED) is 0.192. The monoisotopic (exact) mass is 574 g/mol. The SMILES string of the molecule is CCCc1cccc2c1OCC[C@]2(C)c1cnc(-c2cc(Oc3c(F)c(F)c4[nH]ccc4c3C(=O)NC)ccc2F)[nH]1. The van der Waals surface area contributed by atoms with Crippen molar-refractivity contribution in [1.29, 1.82) is 0 Å². The van der Waals surface area contributed by atoms with E-state index in [4.69, 9.17) is 9.47 Å². The molecule has 42 heavy (non-hydrogen) atoms. The highest BCUT2D eigenvalue weighted by Crippen LogP contribution is 2.45. The number of para-hydroxylation sites is 1. The van der Waals surface area contributed by atoms with Gasteiger partial charge in [0.2, 0.25) is 5.82 Å². The molecule has 1 aliphatic rings. The molecule has 216 valence electrons. The van der Waals surface area contributed by atoms with Crippen molar-refractivity contribution in [3.05, 3.63) is 94.7 Å². The van der Waals surface area contributed by atoms with E-state index in [1.165, 1.54) is 31.4 Å². The Balaban J connectivity index is 1.39. The molecule has 10 heteroatoms. The van der Waals surface area contributed by atoms with Crippen molar-refractivity contribution in [3.8, 4) is 28.6 Å². The van der Waals surface area contributed by atoms with Gasteiger partial charge in [0.1, 0.15) is 23.1 Å². The van der Waals surface area contributed by atoms with Gasteiger partial charge in [0, 0.05) is 41.5 Å². The van der Waals surface area contributed by atoms with Crippen molar-refractivity contribution in [2.45, 2.75) is 38.5 Å².